The molecule has 2 aliphatic heterocycles. The molecule has 0 unspecified atom stereocenters. The molecule has 0 bridgehead atoms. The van der Waals surface area contributed by atoms with Crippen LogP contribution in [0.15, 0.2) is 54.6 Å². The molecule has 1 saturated heterocycles. The quantitative estimate of drug-likeness (QED) is 0.624. The van der Waals surface area contributed by atoms with Gasteiger partial charge in [0.2, 0.25) is 5.91 Å². The average Bonchev–Trinajstić information content (AvgIpc) is 3.26. The third kappa shape index (κ3) is 5.47. The summed E-state index contributed by atoms with van der Waals surface area (Å²) in [5.74, 6) is 0.873. The number of carbonyl (C=O) groups excluding carboxylic acids is 1. The number of amides is 1. The first-order valence-electron chi connectivity index (χ1n) is 10.5. The van der Waals surface area contributed by atoms with Crippen molar-refractivity contribution in [3.63, 3.8) is 0 Å². The maximum atomic E-state index is 12.7. The van der Waals surface area contributed by atoms with E-state index < -0.39 is 11.7 Å². The Morgan fingerprint density at radius 1 is 0.968 bits per heavy atom. The van der Waals surface area contributed by atoms with Crippen LogP contribution in [0.2, 0.25) is 0 Å². The first kappa shape index (κ1) is 21.4. The van der Waals surface area contributed by atoms with Crippen LogP contribution >= 0.6 is 0 Å². The summed E-state index contributed by atoms with van der Waals surface area (Å²) in [5, 5.41) is 0. The van der Waals surface area contributed by atoms with Crippen LogP contribution in [0.3, 0.4) is 0 Å². The Morgan fingerprint density at radius 2 is 1.68 bits per heavy atom. The minimum Gasteiger partial charge on any atom is -0.457 e. The first-order chi connectivity index (χ1) is 14.9. The Kier molecular flexibility index (Phi) is 6.32. The number of carbonyl (C=O) groups is 1. The van der Waals surface area contributed by atoms with Crippen LogP contribution in [0.25, 0.3) is 0 Å². The molecule has 0 N–H and O–H groups in total. The largest absolute Gasteiger partial charge is 0.457 e. The van der Waals surface area contributed by atoms with E-state index in [1.807, 2.05) is 29.2 Å². The fourth-order valence-corrected chi connectivity index (χ4v) is 4.01. The smallest absolute Gasteiger partial charge is 0.416 e. The molecule has 2 aromatic carbocycles. The van der Waals surface area contributed by atoms with Crippen molar-refractivity contribution in [2.75, 3.05) is 26.2 Å². The lowest BCUT2D eigenvalue weighted by Crippen LogP contribution is -2.35. The number of ether oxygens (including phenoxy) is 1. The van der Waals surface area contributed by atoms with Crippen molar-refractivity contribution in [3.8, 4) is 11.5 Å². The van der Waals surface area contributed by atoms with Crippen molar-refractivity contribution >= 4 is 5.91 Å². The standard InChI is InChI=1S/C24H25F3N2O2/c25-24(26,27)20-6-9-21(10-7-20)31-22-8-5-18-11-15-29(17-19(18)16-22)23(30)4-3-14-28-12-1-2-13-28/h3-10,16H,1-2,11-15,17H2/b4-3+. The molecule has 0 aromatic heterocycles. The molecule has 31 heavy (non-hydrogen) atoms. The van der Waals surface area contributed by atoms with E-state index in [9.17, 15) is 18.0 Å². The zero-order chi connectivity index (χ0) is 21.8. The van der Waals surface area contributed by atoms with Gasteiger partial charge in [-0.05, 0) is 79.9 Å². The first-order valence-corrected chi connectivity index (χ1v) is 10.5. The van der Waals surface area contributed by atoms with Gasteiger partial charge in [-0.25, -0.2) is 0 Å². The molecule has 0 aliphatic carbocycles. The number of hydrogen-bond acceptors (Lipinski definition) is 3. The summed E-state index contributed by atoms with van der Waals surface area (Å²) in [7, 11) is 0. The van der Waals surface area contributed by atoms with Crippen molar-refractivity contribution in [2.24, 2.45) is 0 Å². The molecule has 4 nitrogen and oxygen atoms in total. The zero-order valence-electron chi connectivity index (χ0n) is 17.2. The highest BCUT2D eigenvalue weighted by Crippen LogP contribution is 2.32. The molecular weight excluding hydrogens is 405 g/mol. The van der Waals surface area contributed by atoms with Gasteiger partial charge in [0.1, 0.15) is 11.5 Å². The molecule has 2 aromatic rings. The van der Waals surface area contributed by atoms with Crippen LogP contribution in [0, 0.1) is 0 Å². The highest BCUT2D eigenvalue weighted by Gasteiger charge is 2.30. The molecule has 0 spiro atoms. The molecule has 1 fully saturated rings. The lowest BCUT2D eigenvalue weighted by atomic mass is 9.99. The molecule has 0 saturated carbocycles. The number of alkyl halides is 3. The van der Waals surface area contributed by atoms with E-state index >= 15 is 0 Å². The van der Waals surface area contributed by atoms with Gasteiger partial charge in [0.05, 0.1) is 5.56 Å². The molecule has 164 valence electrons. The van der Waals surface area contributed by atoms with Crippen LogP contribution in [-0.2, 0) is 23.9 Å². The minimum atomic E-state index is -4.37. The average molecular weight is 430 g/mol. The monoisotopic (exact) mass is 430 g/mol. The molecular formula is C24H25F3N2O2. The summed E-state index contributed by atoms with van der Waals surface area (Å²) < 4.78 is 43.9. The summed E-state index contributed by atoms with van der Waals surface area (Å²) in [4.78, 5) is 16.7. The second kappa shape index (κ2) is 9.14. The molecule has 0 radical (unpaired) electrons. The predicted molar refractivity (Wildman–Crippen MR) is 112 cm³/mol. The fourth-order valence-electron chi connectivity index (χ4n) is 4.01. The number of benzene rings is 2. The maximum Gasteiger partial charge on any atom is 0.416 e. The zero-order valence-corrected chi connectivity index (χ0v) is 17.2. The summed E-state index contributed by atoms with van der Waals surface area (Å²) in [6.45, 7) is 4.15. The van der Waals surface area contributed by atoms with Crippen LogP contribution < -0.4 is 4.74 Å². The van der Waals surface area contributed by atoms with E-state index in [0.29, 0.717) is 24.6 Å². The minimum absolute atomic E-state index is 0.00101. The molecule has 1 amide bonds. The SMILES string of the molecule is O=C(/C=C/CN1CCCC1)N1CCc2ccc(Oc3ccc(C(F)(F)F)cc3)cc2C1. The predicted octanol–water partition coefficient (Wildman–Crippen LogP) is 5.03. The van der Waals surface area contributed by atoms with Crippen molar-refractivity contribution < 1.29 is 22.7 Å². The summed E-state index contributed by atoms with van der Waals surface area (Å²) >= 11 is 0. The van der Waals surface area contributed by atoms with Gasteiger partial charge in [-0.2, -0.15) is 13.2 Å². The number of hydrogen-bond donors (Lipinski definition) is 0. The van der Waals surface area contributed by atoms with Crippen molar-refractivity contribution in [1.29, 1.82) is 0 Å². The van der Waals surface area contributed by atoms with Crippen LogP contribution in [-0.4, -0.2) is 41.9 Å². The van der Waals surface area contributed by atoms with Crippen molar-refractivity contribution in [3.05, 3.63) is 71.3 Å². The Morgan fingerprint density at radius 3 is 2.39 bits per heavy atom. The van der Waals surface area contributed by atoms with Gasteiger partial charge in [-0.15, -0.1) is 0 Å². The van der Waals surface area contributed by atoms with E-state index in [4.69, 9.17) is 4.74 Å². The van der Waals surface area contributed by atoms with E-state index in [0.717, 1.165) is 49.3 Å². The highest BCUT2D eigenvalue weighted by atomic mass is 19.4. The normalized spacial score (nSPS) is 17.2. The van der Waals surface area contributed by atoms with E-state index in [2.05, 4.69) is 4.90 Å². The van der Waals surface area contributed by atoms with Crippen LogP contribution in [0.4, 0.5) is 13.2 Å². The molecule has 4 rings (SSSR count). The Bertz CT molecular complexity index is 948. The van der Waals surface area contributed by atoms with Gasteiger partial charge in [0, 0.05) is 25.7 Å². The summed E-state index contributed by atoms with van der Waals surface area (Å²) in [6, 6.07) is 10.3. The maximum absolute atomic E-state index is 12.7. The Balaban J connectivity index is 1.38. The lowest BCUT2D eigenvalue weighted by Gasteiger charge is -2.28. The highest BCUT2D eigenvalue weighted by molar-refractivity contribution is 5.87. The molecule has 2 aliphatic rings. The Labute approximate surface area is 179 Å². The number of nitrogens with zero attached hydrogens (tertiary/aromatic N) is 2. The molecule has 7 heteroatoms. The fraction of sp³-hybridized carbons (Fsp3) is 0.375. The van der Waals surface area contributed by atoms with E-state index in [-0.39, 0.29) is 5.91 Å². The Hall–Kier alpha value is -2.80. The van der Waals surface area contributed by atoms with E-state index in [1.165, 1.54) is 25.0 Å². The second-order valence-electron chi connectivity index (χ2n) is 7.97. The number of halogens is 3. The van der Waals surface area contributed by atoms with Gasteiger partial charge < -0.3 is 9.64 Å². The van der Waals surface area contributed by atoms with Gasteiger partial charge in [0.15, 0.2) is 0 Å². The molecule has 2 heterocycles. The van der Waals surface area contributed by atoms with Crippen molar-refractivity contribution in [2.45, 2.75) is 32.0 Å². The number of fused-ring (bicyclic) bond motifs is 1. The van der Waals surface area contributed by atoms with Crippen molar-refractivity contribution in [1.82, 2.24) is 9.80 Å². The van der Waals surface area contributed by atoms with Crippen LogP contribution in [0.1, 0.15) is 29.5 Å². The van der Waals surface area contributed by atoms with E-state index in [1.54, 1.807) is 6.08 Å². The van der Waals surface area contributed by atoms with Gasteiger partial charge in [-0.3, -0.25) is 9.69 Å². The third-order valence-electron chi connectivity index (χ3n) is 5.74. The molecule has 0 atom stereocenters. The second-order valence-corrected chi connectivity index (χ2v) is 7.97. The summed E-state index contributed by atoms with van der Waals surface area (Å²) in [5.41, 5.74) is 1.44. The van der Waals surface area contributed by atoms with Gasteiger partial charge >= 0.3 is 6.18 Å². The lowest BCUT2D eigenvalue weighted by molar-refractivity contribution is -0.137. The van der Waals surface area contributed by atoms with Gasteiger partial charge in [-0.1, -0.05) is 12.1 Å². The number of likely N-dealkylation sites (tertiary alicyclic amines) is 1. The van der Waals surface area contributed by atoms with Crippen LogP contribution in [0.5, 0.6) is 11.5 Å². The van der Waals surface area contributed by atoms with Gasteiger partial charge in [0.25, 0.3) is 0 Å². The summed E-state index contributed by atoms with van der Waals surface area (Å²) in [6.07, 6.45) is 2.44. The topological polar surface area (TPSA) is 32.8 Å². The third-order valence-corrected chi connectivity index (χ3v) is 5.74. The number of rotatable bonds is 5.